The number of amides is 1. The van der Waals surface area contributed by atoms with Crippen molar-refractivity contribution in [3.05, 3.63) is 106 Å². The lowest BCUT2D eigenvalue weighted by Gasteiger charge is -2.22. The molecule has 0 aliphatic heterocycles. The van der Waals surface area contributed by atoms with Crippen LogP contribution in [-0.4, -0.2) is 32.3 Å². The van der Waals surface area contributed by atoms with Crippen molar-refractivity contribution in [2.24, 2.45) is 0 Å². The normalized spacial score (nSPS) is 10.8. The predicted octanol–water partition coefficient (Wildman–Crippen LogP) is 3.51. The number of nitrogens with zero attached hydrogens (tertiary/aromatic N) is 3. The quantitative estimate of drug-likeness (QED) is 0.539. The second-order valence-corrected chi connectivity index (χ2v) is 7.27. The first-order valence-corrected chi connectivity index (χ1v) is 9.82. The van der Waals surface area contributed by atoms with E-state index < -0.39 is 0 Å². The summed E-state index contributed by atoms with van der Waals surface area (Å²) < 4.78 is 0. The molecule has 150 valence electrons. The van der Waals surface area contributed by atoms with Crippen molar-refractivity contribution in [2.75, 3.05) is 6.54 Å². The van der Waals surface area contributed by atoms with Crippen LogP contribution in [0.2, 0.25) is 0 Å². The third kappa shape index (κ3) is 4.43. The van der Waals surface area contributed by atoms with E-state index in [4.69, 9.17) is 0 Å². The number of nitrogens with one attached hydrogen (secondary N) is 1. The minimum atomic E-state index is -0.247. The fraction of sp³-hybridized carbons (Fsp3) is 0.167. The standard InChI is InChI=1S/C24H22N4O2/c1-17-7-8-21-19(13-17)14-20(23(29)27-21)16-28(12-9-18-5-3-2-4-6-18)24(30)22-15-25-10-11-26-22/h2-8,10-11,13-15H,9,12,16H2,1H3,(H,27,29). The number of benzene rings is 2. The Balaban J connectivity index is 1.65. The summed E-state index contributed by atoms with van der Waals surface area (Å²) in [5.74, 6) is -0.247. The second kappa shape index (κ2) is 8.69. The number of rotatable bonds is 6. The Bertz CT molecular complexity index is 1220. The molecule has 0 aliphatic carbocycles. The van der Waals surface area contributed by atoms with Gasteiger partial charge in [0.2, 0.25) is 0 Å². The Morgan fingerprint density at radius 2 is 1.90 bits per heavy atom. The molecule has 0 aliphatic rings. The summed E-state index contributed by atoms with van der Waals surface area (Å²) in [6, 6.07) is 17.7. The molecule has 1 amide bonds. The van der Waals surface area contributed by atoms with E-state index in [1.54, 1.807) is 4.90 Å². The maximum Gasteiger partial charge on any atom is 0.274 e. The van der Waals surface area contributed by atoms with Gasteiger partial charge in [0.25, 0.3) is 11.5 Å². The minimum absolute atomic E-state index is 0.192. The minimum Gasteiger partial charge on any atom is -0.332 e. The summed E-state index contributed by atoms with van der Waals surface area (Å²) in [6.45, 7) is 2.67. The third-order valence-corrected chi connectivity index (χ3v) is 5.02. The van der Waals surface area contributed by atoms with Crippen molar-refractivity contribution in [1.29, 1.82) is 0 Å². The van der Waals surface area contributed by atoms with Crippen LogP contribution < -0.4 is 5.56 Å². The molecule has 0 radical (unpaired) electrons. The van der Waals surface area contributed by atoms with Crippen LogP contribution in [0.3, 0.4) is 0 Å². The van der Waals surface area contributed by atoms with Gasteiger partial charge < -0.3 is 9.88 Å². The van der Waals surface area contributed by atoms with E-state index in [-0.39, 0.29) is 23.7 Å². The zero-order valence-electron chi connectivity index (χ0n) is 16.7. The zero-order chi connectivity index (χ0) is 20.9. The van der Waals surface area contributed by atoms with Gasteiger partial charge in [0.1, 0.15) is 5.69 Å². The van der Waals surface area contributed by atoms with Crippen molar-refractivity contribution in [1.82, 2.24) is 19.9 Å². The predicted molar refractivity (Wildman–Crippen MR) is 116 cm³/mol. The summed E-state index contributed by atoms with van der Waals surface area (Å²) in [5.41, 5.74) is 3.63. The van der Waals surface area contributed by atoms with E-state index in [0.29, 0.717) is 18.5 Å². The molecule has 0 bridgehead atoms. The molecule has 0 spiro atoms. The summed E-state index contributed by atoms with van der Waals surface area (Å²) >= 11 is 0. The van der Waals surface area contributed by atoms with Crippen LogP contribution in [0.5, 0.6) is 0 Å². The van der Waals surface area contributed by atoms with Gasteiger partial charge in [-0.05, 0) is 42.5 Å². The highest BCUT2D eigenvalue weighted by Crippen LogP contribution is 2.15. The number of H-pyrrole nitrogens is 1. The fourth-order valence-electron chi connectivity index (χ4n) is 3.43. The van der Waals surface area contributed by atoms with Gasteiger partial charge in [-0.2, -0.15) is 0 Å². The van der Waals surface area contributed by atoms with Crippen LogP contribution in [0.1, 0.15) is 27.2 Å². The van der Waals surface area contributed by atoms with Gasteiger partial charge in [-0.3, -0.25) is 14.6 Å². The van der Waals surface area contributed by atoms with Crippen LogP contribution in [0.15, 0.2) is 78.0 Å². The largest absolute Gasteiger partial charge is 0.332 e. The first-order valence-electron chi connectivity index (χ1n) is 9.82. The van der Waals surface area contributed by atoms with Crippen LogP contribution >= 0.6 is 0 Å². The molecule has 2 heterocycles. The number of pyridine rings is 1. The fourth-order valence-corrected chi connectivity index (χ4v) is 3.43. The van der Waals surface area contributed by atoms with Gasteiger partial charge >= 0.3 is 0 Å². The highest BCUT2D eigenvalue weighted by atomic mass is 16.2. The molecular weight excluding hydrogens is 376 g/mol. The number of carbonyl (C=O) groups excluding carboxylic acids is 1. The molecular formula is C24H22N4O2. The zero-order valence-corrected chi connectivity index (χ0v) is 16.7. The SMILES string of the molecule is Cc1ccc2[nH]c(=O)c(CN(CCc3ccccc3)C(=O)c3cnccn3)cc2c1. The van der Waals surface area contributed by atoms with Crippen LogP contribution in [0, 0.1) is 6.92 Å². The van der Waals surface area contributed by atoms with Gasteiger partial charge in [0, 0.05) is 30.0 Å². The number of aromatic nitrogens is 3. The average molecular weight is 398 g/mol. The van der Waals surface area contributed by atoms with E-state index in [1.165, 1.54) is 18.6 Å². The van der Waals surface area contributed by atoms with Crippen molar-refractivity contribution in [2.45, 2.75) is 19.9 Å². The van der Waals surface area contributed by atoms with E-state index in [0.717, 1.165) is 22.0 Å². The van der Waals surface area contributed by atoms with Crippen molar-refractivity contribution < 1.29 is 4.79 Å². The molecule has 2 aromatic heterocycles. The van der Waals surface area contributed by atoms with Crippen molar-refractivity contribution >= 4 is 16.8 Å². The smallest absolute Gasteiger partial charge is 0.274 e. The van der Waals surface area contributed by atoms with Gasteiger partial charge in [-0.15, -0.1) is 0 Å². The Morgan fingerprint density at radius 3 is 2.67 bits per heavy atom. The first-order chi connectivity index (χ1) is 14.6. The van der Waals surface area contributed by atoms with Crippen LogP contribution in [0.25, 0.3) is 10.9 Å². The molecule has 6 nitrogen and oxygen atoms in total. The summed E-state index contributed by atoms with van der Waals surface area (Å²) in [4.78, 5) is 38.5. The van der Waals surface area contributed by atoms with Crippen LogP contribution in [-0.2, 0) is 13.0 Å². The Kier molecular flexibility index (Phi) is 5.66. The molecule has 0 saturated carbocycles. The summed E-state index contributed by atoms with van der Waals surface area (Å²) in [5, 5.41) is 0.944. The maximum atomic E-state index is 13.1. The van der Waals surface area contributed by atoms with E-state index in [2.05, 4.69) is 15.0 Å². The number of carbonyl (C=O) groups is 1. The average Bonchev–Trinajstić information content (AvgIpc) is 2.78. The van der Waals surface area contributed by atoms with Gasteiger partial charge in [0.05, 0.1) is 12.7 Å². The van der Waals surface area contributed by atoms with E-state index >= 15 is 0 Å². The summed E-state index contributed by atoms with van der Waals surface area (Å²) in [7, 11) is 0. The number of hydrogen-bond acceptors (Lipinski definition) is 4. The third-order valence-electron chi connectivity index (χ3n) is 5.02. The molecule has 6 heteroatoms. The first kappa shape index (κ1) is 19.5. The number of fused-ring (bicyclic) bond motifs is 1. The molecule has 0 atom stereocenters. The maximum absolute atomic E-state index is 13.1. The van der Waals surface area contributed by atoms with Crippen molar-refractivity contribution in [3.63, 3.8) is 0 Å². The van der Waals surface area contributed by atoms with Gasteiger partial charge in [-0.1, -0.05) is 42.0 Å². The second-order valence-electron chi connectivity index (χ2n) is 7.27. The number of aromatic amines is 1. The molecule has 1 N–H and O–H groups in total. The number of hydrogen-bond donors (Lipinski definition) is 1. The summed E-state index contributed by atoms with van der Waals surface area (Å²) in [6.07, 6.45) is 5.15. The highest BCUT2D eigenvalue weighted by molar-refractivity contribution is 5.92. The monoisotopic (exact) mass is 398 g/mol. The van der Waals surface area contributed by atoms with Gasteiger partial charge in [0.15, 0.2) is 0 Å². The van der Waals surface area contributed by atoms with Gasteiger partial charge in [-0.25, -0.2) is 4.98 Å². The Morgan fingerprint density at radius 1 is 1.07 bits per heavy atom. The molecule has 2 aromatic carbocycles. The topological polar surface area (TPSA) is 79.0 Å². The molecule has 0 fully saturated rings. The Labute approximate surface area is 174 Å². The lowest BCUT2D eigenvalue weighted by molar-refractivity contribution is 0.0738. The lowest BCUT2D eigenvalue weighted by Crippen LogP contribution is -2.35. The van der Waals surface area contributed by atoms with E-state index in [1.807, 2.05) is 61.5 Å². The Hall–Kier alpha value is -3.80. The highest BCUT2D eigenvalue weighted by Gasteiger charge is 2.19. The van der Waals surface area contributed by atoms with Crippen LogP contribution in [0.4, 0.5) is 0 Å². The molecule has 4 rings (SSSR count). The molecule has 0 unspecified atom stereocenters. The van der Waals surface area contributed by atoms with E-state index in [9.17, 15) is 9.59 Å². The molecule has 30 heavy (non-hydrogen) atoms. The lowest BCUT2D eigenvalue weighted by atomic mass is 10.1. The van der Waals surface area contributed by atoms with Crippen molar-refractivity contribution in [3.8, 4) is 0 Å². The number of aryl methyl sites for hydroxylation is 1. The molecule has 4 aromatic rings. The molecule has 0 saturated heterocycles.